The van der Waals surface area contributed by atoms with Crippen LogP contribution in [-0.4, -0.2) is 43.0 Å². The molecule has 4 heteroatoms. The molecule has 20 heavy (non-hydrogen) atoms. The van der Waals surface area contributed by atoms with Gasteiger partial charge in [0.15, 0.2) is 0 Å². The molecule has 1 amide bonds. The quantitative estimate of drug-likeness (QED) is 0.801. The molecule has 2 aliphatic heterocycles. The first-order valence-electron chi connectivity index (χ1n) is 7.67. The Balaban J connectivity index is 1.38. The van der Waals surface area contributed by atoms with E-state index >= 15 is 0 Å². The molecule has 2 heterocycles. The lowest BCUT2D eigenvalue weighted by Gasteiger charge is -2.15. The minimum Gasteiger partial charge on any atom is -0.373 e. The van der Waals surface area contributed by atoms with Gasteiger partial charge in [0.25, 0.3) is 0 Å². The van der Waals surface area contributed by atoms with Gasteiger partial charge >= 0.3 is 0 Å². The number of anilines is 1. The van der Waals surface area contributed by atoms with Crippen LogP contribution in [0.15, 0.2) is 24.3 Å². The molecule has 0 aromatic heterocycles. The zero-order valence-corrected chi connectivity index (χ0v) is 11.9. The van der Waals surface area contributed by atoms with Crippen molar-refractivity contribution in [2.24, 2.45) is 0 Å². The number of carbonyl (C=O) groups excluding carboxylic acids is 1. The highest BCUT2D eigenvalue weighted by Gasteiger charge is 2.25. The lowest BCUT2D eigenvalue weighted by Crippen LogP contribution is -2.39. The third kappa shape index (κ3) is 3.12. The topological polar surface area (TPSA) is 44.4 Å². The largest absolute Gasteiger partial charge is 0.373 e. The number of fused-ring (bicyclic) bond motifs is 1. The summed E-state index contributed by atoms with van der Waals surface area (Å²) in [6.07, 6.45) is 4.51. The maximum atomic E-state index is 12.1. The van der Waals surface area contributed by atoms with Crippen LogP contribution < -0.4 is 10.6 Å². The number of benzene rings is 1. The highest BCUT2D eigenvalue weighted by atomic mass is 16.2. The van der Waals surface area contributed by atoms with E-state index < -0.39 is 0 Å². The fraction of sp³-hybridized carbons (Fsp3) is 0.562. The van der Waals surface area contributed by atoms with Crippen molar-refractivity contribution in [2.75, 3.05) is 31.5 Å². The van der Waals surface area contributed by atoms with Crippen LogP contribution in [0.3, 0.4) is 0 Å². The first-order chi connectivity index (χ1) is 9.83. The van der Waals surface area contributed by atoms with Crippen molar-refractivity contribution in [2.45, 2.75) is 31.7 Å². The van der Waals surface area contributed by atoms with E-state index in [1.165, 1.54) is 31.5 Å². The van der Waals surface area contributed by atoms with E-state index in [1.807, 2.05) is 18.2 Å². The Bertz CT molecular complexity index is 444. The smallest absolute Gasteiger partial charge is 0.242 e. The second-order valence-corrected chi connectivity index (χ2v) is 5.75. The summed E-state index contributed by atoms with van der Waals surface area (Å²) in [6, 6.07) is 8.05. The third-order valence-corrected chi connectivity index (χ3v) is 4.24. The molecule has 1 fully saturated rings. The second kappa shape index (κ2) is 6.27. The van der Waals surface area contributed by atoms with Crippen molar-refractivity contribution in [3.05, 3.63) is 29.8 Å². The van der Waals surface area contributed by atoms with Gasteiger partial charge in [-0.25, -0.2) is 0 Å². The SMILES string of the molecule is O=C(NCCCN1CCCC1)[C@@H]1Cc2ccccc2N1. The highest BCUT2D eigenvalue weighted by molar-refractivity contribution is 5.87. The molecule has 0 saturated carbocycles. The van der Waals surface area contributed by atoms with Gasteiger partial charge in [-0.3, -0.25) is 4.79 Å². The van der Waals surface area contributed by atoms with Crippen LogP contribution in [0.2, 0.25) is 0 Å². The summed E-state index contributed by atoms with van der Waals surface area (Å²) in [5, 5.41) is 6.35. The zero-order valence-electron chi connectivity index (χ0n) is 11.9. The highest BCUT2D eigenvalue weighted by Crippen LogP contribution is 2.24. The van der Waals surface area contributed by atoms with Gasteiger partial charge in [0.1, 0.15) is 6.04 Å². The van der Waals surface area contributed by atoms with E-state index in [2.05, 4.69) is 21.6 Å². The molecular weight excluding hydrogens is 250 g/mol. The monoisotopic (exact) mass is 273 g/mol. The summed E-state index contributed by atoms with van der Waals surface area (Å²) in [5.74, 6) is 0.127. The Labute approximate surface area is 120 Å². The zero-order chi connectivity index (χ0) is 13.8. The fourth-order valence-electron chi connectivity index (χ4n) is 3.10. The molecule has 3 rings (SSSR count). The first-order valence-corrected chi connectivity index (χ1v) is 7.67. The van der Waals surface area contributed by atoms with Crippen LogP contribution in [0.25, 0.3) is 0 Å². The van der Waals surface area contributed by atoms with Crippen LogP contribution in [0.4, 0.5) is 5.69 Å². The van der Waals surface area contributed by atoms with E-state index in [0.29, 0.717) is 0 Å². The molecule has 0 aliphatic carbocycles. The number of nitrogens with zero attached hydrogens (tertiary/aromatic N) is 1. The van der Waals surface area contributed by atoms with Gasteiger partial charge in [-0.05, 0) is 50.5 Å². The summed E-state index contributed by atoms with van der Waals surface area (Å²) in [4.78, 5) is 14.6. The molecule has 1 aromatic rings. The Morgan fingerprint density at radius 2 is 2.10 bits per heavy atom. The number of likely N-dealkylation sites (tertiary alicyclic amines) is 1. The van der Waals surface area contributed by atoms with Crippen molar-refractivity contribution in [1.82, 2.24) is 10.2 Å². The van der Waals surface area contributed by atoms with Crippen LogP contribution in [0.5, 0.6) is 0 Å². The number of amides is 1. The number of para-hydroxylation sites is 1. The first kappa shape index (κ1) is 13.4. The van der Waals surface area contributed by atoms with Crippen LogP contribution >= 0.6 is 0 Å². The number of rotatable bonds is 5. The van der Waals surface area contributed by atoms with Crippen LogP contribution in [0.1, 0.15) is 24.8 Å². The van der Waals surface area contributed by atoms with E-state index in [1.54, 1.807) is 0 Å². The summed E-state index contributed by atoms with van der Waals surface area (Å²) >= 11 is 0. The molecule has 4 nitrogen and oxygen atoms in total. The Hall–Kier alpha value is -1.55. The standard InChI is InChI=1S/C16H23N3O/c20-16(17-8-5-11-19-9-3-4-10-19)15-12-13-6-1-2-7-14(13)18-15/h1-2,6-7,15,18H,3-5,8-12H2,(H,17,20)/t15-/m0/s1. The second-order valence-electron chi connectivity index (χ2n) is 5.75. The van der Waals surface area contributed by atoms with Crippen LogP contribution in [-0.2, 0) is 11.2 Å². The summed E-state index contributed by atoms with van der Waals surface area (Å²) < 4.78 is 0. The lowest BCUT2D eigenvalue weighted by atomic mass is 10.1. The van der Waals surface area contributed by atoms with Crippen molar-refractivity contribution in [3.8, 4) is 0 Å². The summed E-state index contributed by atoms with van der Waals surface area (Å²) in [5.41, 5.74) is 2.34. The molecule has 1 atom stereocenters. The number of nitrogens with one attached hydrogen (secondary N) is 2. The van der Waals surface area contributed by atoms with Gasteiger partial charge in [-0.15, -0.1) is 0 Å². The molecular formula is C16H23N3O. The lowest BCUT2D eigenvalue weighted by molar-refractivity contribution is -0.121. The maximum Gasteiger partial charge on any atom is 0.242 e. The molecule has 0 radical (unpaired) electrons. The normalized spacial score (nSPS) is 21.5. The molecule has 0 bridgehead atoms. The van der Waals surface area contributed by atoms with Gasteiger partial charge in [-0.2, -0.15) is 0 Å². The van der Waals surface area contributed by atoms with Gasteiger partial charge in [0.05, 0.1) is 0 Å². The average molecular weight is 273 g/mol. The van der Waals surface area contributed by atoms with Gasteiger partial charge < -0.3 is 15.5 Å². The molecule has 2 aliphatic rings. The van der Waals surface area contributed by atoms with Gasteiger partial charge in [0, 0.05) is 18.7 Å². The molecule has 0 unspecified atom stereocenters. The maximum absolute atomic E-state index is 12.1. The minimum atomic E-state index is -0.0980. The fourth-order valence-corrected chi connectivity index (χ4v) is 3.10. The van der Waals surface area contributed by atoms with Crippen molar-refractivity contribution in [1.29, 1.82) is 0 Å². The molecule has 2 N–H and O–H groups in total. The predicted octanol–water partition coefficient (Wildman–Crippen LogP) is 1.63. The summed E-state index contributed by atoms with van der Waals surface area (Å²) in [6.45, 7) is 4.35. The van der Waals surface area contributed by atoms with E-state index in [0.717, 1.165) is 31.6 Å². The summed E-state index contributed by atoms with van der Waals surface area (Å²) in [7, 11) is 0. The van der Waals surface area contributed by atoms with Crippen molar-refractivity contribution < 1.29 is 4.79 Å². The van der Waals surface area contributed by atoms with Crippen molar-refractivity contribution >= 4 is 11.6 Å². The van der Waals surface area contributed by atoms with E-state index in [-0.39, 0.29) is 11.9 Å². The van der Waals surface area contributed by atoms with E-state index in [9.17, 15) is 4.79 Å². The van der Waals surface area contributed by atoms with E-state index in [4.69, 9.17) is 0 Å². The number of hydrogen-bond donors (Lipinski definition) is 2. The Morgan fingerprint density at radius 1 is 1.30 bits per heavy atom. The number of carbonyl (C=O) groups is 1. The van der Waals surface area contributed by atoms with Gasteiger partial charge in [-0.1, -0.05) is 18.2 Å². The molecule has 0 spiro atoms. The molecule has 1 aromatic carbocycles. The molecule has 1 saturated heterocycles. The Morgan fingerprint density at radius 3 is 2.90 bits per heavy atom. The van der Waals surface area contributed by atoms with Crippen molar-refractivity contribution in [3.63, 3.8) is 0 Å². The predicted molar refractivity (Wildman–Crippen MR) is 80.9 cm³/mol. The third-order valence-electron chi connectivity index (χ3n) is 4.24. The molecule has 108 valence electrons. The average Bonchev–Trinajstić information content (AvgIpc) is 3.12. The number of hydrogen-bond acceptors (Lipinski definition) is 3. The van der Waals surface area contributed by atoms with Crippen LogP contribution in [0, 0.1) is 0 Å². The Kier molecular flexibility index (Phi) is 4.21. The van der Waals surface area contributed by atoms with Gasteiger partial charge in [0.2, 0.25) is 5.91 Å². The minimum absolute atomic E-state index is 0.0980.